The van der Waals surface area contributed by atoms with E-state index in [2.05, 4.69) is 56.9 Å². The number of nitrogens with one attached hydrogen (secondary N) is 2. The van der Waals surface area contributed by atoms with Gasteiger partial charge in [0.1, 0.15) is 0 Å². The number of halogens is 3. The Morgan fingerprint density at radius 1 is 1.06 bits per heavy atom. The van der Waals surface area contributed by atoms with Gasteiger partial charge in [-0.2, -0.15) is 8.78 Å². The maximum Gasteiger partial charge on any atom is 0.387 e. The van der Waals surface area contributed by atoms with Crippen molar-refractivity contribution in [3.05, 3.63) is 65.7 Å². The first-order valence-corrected chi connectivity index (χ1v) is 10.2. The number of para-hydroxylation sites is 1. The molecule has 174 valence electrons. The van der Waals surface area contributed by atoms with Gasteiger partial charge in [0.05, 0.1) is 6.61 Å². The van der Waals surface area contributed by atoms with Crippen LogP contribution in [-0.4, -0.2) is 39.3 Å². The first kappa shape index (κ1) is 25.7. The summed E-state index contributed by atoms with van der Waals surface area (Å²) in [6.07, 6.45) is 4.32. The van der Waals surface area contributed by atoms with Crippen LogP contribution in [0.15, 0.2) is 59.6 Å². The fourth-order valence-corrected chi connectivity index (χ4v) is 3.29. The Kier molecular flexibility index (Phi) is 10.5. The highest BCUT2D eigenvalue weighted by molar-refractivity contribution is 14.0. The number of nitrogens with zero attached hydrogens (tertiary/aromatic N) is 2. The third-order valence-electron chi connectivity index (χ3n) is 4.82. The van der Waals surface area contributed by atoms with Crippen LogP contribution in [0.5, 0.6) is 11.5 Å². The lowest BCUT2D eigenvalue weighted by Gasteiger charge is -2.18. The van der Waals surface area contributed by atoms with Crippen LogP contribution < -0.4 is 25.0 Å². The third kappa shape index (κ3) is 7.25. The summed E-state index contributed by atoms with van der Waals surface area (Å²) in [6.45, 7) is 1.93. The first-order chi connectivity index (χ1) is 15.1. The van der Waals surface area contributed by atoms with E-state index in [4.69, 9.17) is 9.47 Å². The number of guanidine groups is 1. The molecule has 0 fully saturated rings. The second-order valence-electron chi connectivity index (χ2n) is 6.88. The topological polar surface area (TPSA) is 58.1 Å². The largest absolute Gasteiger partial charge is 0.490 e. The maximum absolute atomic E-state index is 12.9. The van der Waals surface area contributed by atoms with Crippen molar-refractivity contribution in [1.29, 1.82) is 0 Å². The van der Waals surface area contributed by atoms with Crippen LogP contribution >= 0.6 is 24.0 Å². The van der Waals surface area contributed by atoms with Crippen LogP contribution in [0.2, 0.25) is 0 Å². The van der Waals surface area contributed by atoms with Crippen LogP contribution in [0.3, 0.4) is 0 Å². The van der Waals surface area contributed by atoms with E-state index in [1.165, 1.54) is 5.69 Å². The Morgan fingerprint density at radius 3 is 2.38 bits per heavy atom. The Morgan fingerprint density at radius 2 is 1.75 bits per heavy atom. The molecule has 2 aromatic rings. The fraction of sp³-hybridized carbons (Fsp3) is 0.348. The van der Waals surface area contributed by atoms with Gasteiger partial charge in [-0.1, -0.05) is 36.4 Å². The molecule has 0 atom stereocenters. The van der Waals surface area contributed by atoms with E-state index in [9.17, 15) is 8.78 Å². The second kappa shape index (κ2) is 13.1. The number of anilines is 1. The summed E-state index contributed by atoms with van der Waals surface area (Å²) >= 11 is 0. The van der Waals surface area contributed by atoms with Crippen molar-refractivity contribution in [3.8, 4) is 11.5 Å². The normalized spacial score (nSPS) is 13.2. The molecule has 0 aliphatic carbocycles. The highest BCUT2D eigenvalue weighted by Crippen LogP contribution is 2.32. The molecule has 2 N–H and O–H groups in total. The van der Waals surface area contributed by atoms with Crippen molar-refractivity contribution < 1.29 is 18.3 Å². The van der Waals surface area contributed by atoms with Gasteiger partial charge in [0.25, 0.3) is 0 Å². The van der Waals surface area contributed by atoms with Crippen LogP contribution in [0, 0.1) is 0 Å². The van der Waals surface area contributed by atoms with Gasteiger partial charge in [0.2, 0.25) is 0 Å². The summed E-state index contributed by atoms with van der Waals surface area (Å²) in [5, 5.41) is 6.37. The molecule has 0 saturated heterocycles. The smallest absolute Gasteiger partial charge is 0.387 e. The van der Waals surface area contributed by atoms with E-state index in [0.29, 0.717) is 30.4 Å². The molecule has 0 spiro atoms. The first-order valence-electron chi connectivity index (χ1n) is 10.2. The van der Waals surface area contributed by atoms with E-state index in [1.807, 2.05) is 0 Å². The van der Waals surface area contributed by atoms with Gasteiger partial charge in [-0.05, 0) is 30.7 Å². The van der Waals surface area contributed by atoms with Gasteiger partial charge in [0, 0.05) is 44.5 Å². The highest BCUT2D eigenvalue weighted by atomic mass is 127. The van der Waals surface area contributed by atoms with Crippen LogP contribution in [0.1, 0.15) is 18.1 Å². The minimum Gasteiger partial charge on any atom is -0.490 e. The molecule has 1 aliphatic heterocycles. The average Bonchev–Trinajstić information content (AvgIpc) is 3.31. The molecule has 3 rings (SSSR count). The van der Waals surface area contributed by atoms with Gasteiger partial charge < -0.3 is 25.0 Å². The number of aliphatic imine (C=N–C) groups is 1. The Hall–Kier alpha value is -2.56. The van der Waals surface area contributed by atoms with Crippen molar-refractivity contribution in [2.45, 2.75) is 26.6 Å². The van der Waals surface area contributed by atoms with Gasteiger partial charge in [-0.25, -0.2) is 0 Å². The minimum atomic E-state index is -2.93. The summed E-state index contributed by atoms with van der Waals surface area (Å²) in [4.78, 5) is 6.49. The number of benzene rings is 2. The Balaban J connectivity index is 0.00000363. The molecule has 0 saturated carbocycles. The standard InChI is InChI=1S/C23H28F2N4O2.HI/c1-3-30-20-8-6-7-18(21(20)31-22(24)25)16-28-23(26-2)27-15-17-9-11-19(12-10-17)29-13-4-5-14-29;/h4-12,22H,3,13-16H2,1-2H3,(H2,26,27,28);1H. The zero-order chi connectivity index (χ0) is 22.1. The van der Waals surface area contributed by atoms with E-state index >= 15 is 0 Å². The molecule has 0 unspecified atom stereocenters. The number of alkyl halides is 2. The summed E-state index contributed by atoms with van der Waals surface area (Å²) < 4.78 is 35.9. The lowest BCUT2D eigenvalue weighted by molar-refractivity contribution is -0.0520. The Labute approximate surface area is 204 Å². The van der Waals surface area contributed by atoms with Gasteiger partial charge in [0.15, 0.2) is 17.5 Å². The predicted octanol–water partition coefficient (Wildman–Crippen LogP) is 4.55. The molecule has 0 bridgehead atoms. The molecule has 32 heavy (non-hydrogen) atoms. The van der Waals surface area contributed by atoms with Crippen molar-refractivity contribution >= 4 is 35.6 Å². The van der Waals surface area contributed by atoms with Crippen molar-refractivity contribution in [3.63, 3.8) is 0 Å². The van der Waals surface area contributed by atoms with Crippen molar-refractivity contribution in [2.75, 3.05) is 31.6 Å². The van der Waals surface area contributed by atoms with Crippen molar-refractivity contribution in [2.24, 2.45) is 4.99 Å². The monoisotopic (exact) mass is 558 g/mol. The van der Waals surface area contributed by atoms with E-state index in [-0.39, 0.29) is 36.3 Å². The summed E-state index contributed by atoms with van der Waals surface area (Å²) in [7, 11) is 1.66. The van der Waals surface area contributed by atoms with Gasteiger partial charge >= 0.3 is 6.61 Å². The van der Waals surface area contributed by atoms with Crippen LogP contribution in [0.25, 0.3) is 0 Å². The maximum atomic E-state index is 12.9. The molecular formula is C23H29F2IN4O2. The number of hydrogen-bond acceptors (Lipinski definition) is 4. The van der Waals surface area contributed by atoms with E-state index in [0.717, 1.165) is 18.7 Å². The van der Waals surface area contributed by atoms with Crippen LogP contribution in [0.4, 0.5) is 14.5 Å². The SMILES string of the molecule is CCOc1cccc(CNC(=NC)NCc2ccc(N3CC=CC3)cc2)c1OC(F)F.I. The van der Waals surface area contributed by atoms with Gasteiger partial charge in [-0.3, -0.25) is 4.99 Å². The molecule has 1 aliphatic rings. The third-order valence-corrected chi connectivity index (χ3v) is 4.82. The molecule has 0 amide bonds. The summed E-state index contributed by atoms with van der Waals surface area (Å²) in [6, 6.07) is 13.4. The number of ether oxygens (including phenoxy) is 2. The summed E-state index contributed by atoms with van der Waals surface area (Å²) in [5.74, 6) is 0.880. The summed E-state index contributed by atoms with van der Waals surface area (Å²) in [5.41, 5.74) is 2.86. The predicted molar refractivity (Wildman–Crippen MR) is 134 cm³/mol. The molecule has 2 aromatic carbocycles. The average molecular weight is 558 g/mol. The molecule has 0 radical (unpaired) electrons. The zero-order valence-corrected chi connectivity index (χ0v) is 20.5. The van der Waals surface area contributed by atoms with Gasteiger partial charge in [-0.15, -0.1) is 24.0 Å². The minimum absolute atomic E-state index is 0. The zero-order valence-electron chi connectivity index (χ0n) is 18.2. The van der Waals surface area contributed by atoms with E-state index in [1.54, 1.807) is 32.2 Å². The molecule has 0 aromatic heterocycles. The van der Waals surface area contributed by atoms with E-state index < -0.39 is 6.61 Å². The Bertz CT molecular complexity index is 899. The van der Waals surface area contributed by atoms with Crippen LogP contribution in [-0.2, 0) is 13.1 Å². The fourth-order valence-electron chi connectivity index (χ4n) is 3.29. The number of hydrogen-bond donors (Lipinski definition) is 2. The molecule has 6 nitrogen and oxygen atoms in total. The molecular weight excluding hydrogens is 529 g/mol. The quantitative estimate of drug-likeness (QED) is 0.205. The molecule has 1 heterocycles. The highest BCUT2D eigenvalue weighted by Gasteiger charge is 2.16. The number of rotatable bonds is 9. The molecule has 9 heteroatoms. The lowest BCUT2D eigenvalue weighted by atomic mass is 10.2. The lowest BCUT2D eigenvalue weighted by Crippen LogP contribution is -2.36. The second-order valence-corrected chi connectivity index (χ2v) is 6.88. The van der Waals surface area contributed by atoms with Crippen molar-refractivity contribution in [1.82, 2.24) is 10.6 Å².